The Bertz CT molecular complexity index is 1370. The summed E-state index contributed by atoms with van der Waals surface area (Å²) >= 11 is 1.49. The maximum atomic E-state index is 12.9. The standard InChI is InChI=1S/C24H21N3O5S2/c1-31-23-8-3-2-7-22(23)27-34(29,30)21-6-4-5-18(13-21)26-24(28)17-9-11-20(12-10-17)32-14-19-15-33-16-25-19/h2-13,15-16,27H,14H2,1H3,(H,26,28). The van der Waals surface area contributed by atoms with Crippen molar-refractivity contribution in [2.45, 2.75) is 11.5 Å². The van der Waals surface area contributed by atoms with E-state index in [-0.39, 0.29) is 10.8 Å². The van der Waals surface area contributed by atoms with Crippen LogP contribution in [0.15, 0.2) is 88.6 Å². The first-order chi connectivity index (χ1) is 16.4. The number of anilines is 2. The number of amides is 1. The Hall–Kier alpha value is -3.89. The quantitative estimate of drug-likeness (QED) is 0.346. The lowest BCUT2D eigenvalue weighted by atomic mass is 10.2. The summed E-state index contributed by atoms with van der Waals surface area (Å²) in [5.74, 6) is 0.632. The largest absolute Gasteiger partial charge is 0.495 e. The Labute approximate surface area is 201 Å². The van der Waals surface area contributed by atoms with Crippen LogP contribution in [0.2, 0.25) is 0 Å². The van der Waals surface area contributed by atoms with Crippen LogP contribution in [0, 0.1) is 0 Å². The second-order valence-electron chi connectivity index (χ2n) is 7.08. The lowest BCUT2D eigenvalue weighted by molar-refractivity contribution is 0.102. The molecule has 1 aromatic heterocycles. The highest BCUT2D eigenvalue weighted by Gasteiger charge is 2.17. The number of para-hydroxylation sites is 2. The van der Waals surface area contributed by atoms with E-state index in [9.17, 15) is 13.2 Å². The molecule has 0 aliphatic carbocycles. The monoisotopic (exact) mass is 495 g/mol. The minimum atomic E-state index is -3.90. The predicted molar refractivity (Wildman–Crippen MR) is 131 cm³/mol. The SMILES string of the molecule is COc1ccccc1NS(=O)(=O)c1cccc(NC(=O)c2ccc(OCc3cscn3)cc2)c1. The molecule has 3 aromatic carbocycles. The van der Waals surface area contributed by atoms with Gasteiger partial charge in [0.2, 0.25) is 0 Å². The highest BCUT2D eigenvalue weighted by atomic mass is 32.2. The van der Waals surface area contributed by atoms with Crippen molar-refractivity contribution in [3.63, 3.8) is 0 Å². The number of aromatic nitrogens is 1. The van der Waals surface area contributed by atoms with E-state index >= 15 is 0 Å². The number of benzene rings is 3. The van der Waals surface area contributed by atoms with Gasteiger partial charge in [0.1, 0.15) is 18.1 Å². The topological polar surface area (TPSA) is 107 Å². The van der Waals surface area contributed by atoms with Crippen LogP contribution in [0.25, 0.3) is 0 Å². The summed E-state index contributed by atoms with van der Waals surface area (Å²) in [6, 6.07) is 19.4. The Morgan fingerprint density at radius 2 is 1.82 bits per heavy atom. The van der Waals surface area contributed by atoms with Crippen molar-refractivity contribution in [2.24, 2.45) is 0 Å². The van der Waals surface area contributed by atoms with Crippen LogP contribution in [0.1, 0.15) is 16.1 Å². The molecule has 174 valence electrons. The van der Waals surface area contributed by atoms with Crippen LogP contribution in [-0.4, -0.2) is 26.4 Å². The molecule has 1 heterocycles. The normalized spacial score (nSPS) is 11.0. The second-order valence-corrected chi connectivity index (χ2v) is 9.48. The fraction of sp³-hybridized carbons (Fsp3) is 0.0833. The number of rotatable bonds is 9. The van der Waals surface area contributed by atoms with Crippen molar-refractivity contribution < 1.29 is 22.7 Å². The third-order valence-corrected chi connectivity index (χ3v) is 6.74. The van der Waals surface area contributed by atoms with Gasteiger partial charge in [0, 0.05) is 16.6 Å². The molecule has 34 heavy (non-hydrogen) atoms. The van der Waals surface area contributed by atoms with Crippen molar-refractivity contribution in [3.8, 4) is 11.5 Å². The lowest BCUT2D eigenvalue weighted by Gasteiger charge is -2.13. The number of methoxy groups -OCH3 is 1. The maximum absolute atomic E-state index is 12.9. The molecule has 1 amide bonds. The van der Waals surface area contributed by atoms with Gasteiger partial charge >= 0.3 is 0 Å². The van der Waals surface area contributed by atoms with Gasteiger partial charge in [-0.25, -0.2) is 13.4 Å². The molecule has 4 rings (SSSR count). The van der Waals surface area contributed by atoms with Crippen LogP contribution in [0.3, 0.4) is 0 Å². The average molecular weight is 496 g/mol. The minimum Gasteiger partial charge on any atom is -0.495 e. The van der Waals surface area contributed by atoms with Gasteiger partial charge in [0.25, 0.3) is 15.9 Å². The van der Waals surface area contributed by atoms with Crippen molar-refractivity contribution in [2.75, 3.05) is 17.1 Å². The fourth-order valence-electron chi connectivity index (χ4n) is 3.05. The third-order valence-electron chi connectivity index (χ3n) is 4.74. The number of ether oxygens (including phenoxy) is 2. The molecule has 0 bridgehead atoms. The molecule has 0 fully saturated rings. The number of thiazole rings is 1. The zero-order valence-electron chi connectivity index (χ0n) is 18.1. The van der Waals surface area contributed by atoms with Gasteiger partial charge in [0.05, 0.1) is 28.9 Å². The zero-order chi connectivity index (χ0) is 24.0. The van der Waals surface area contributed by atoms with E-state index in [4.69, 9.17) is 9.47 Å². The number of carbonyl (C=O) groups is 1. The molecule has 0 atom stereocenters. The van der Waals surface area contributed by atoms with E-state index in [1.807, 2.05) is 5.38 Å². The number of hydrogen-bond donors (Lipinski definition) is 2. The molecule has 0 saturated carbocycles. The molecule has 8 nitrogen and oxygen atoms in total. The van der Waals surface area contributed by atoms with Crippen LogP contribution in [0.5, 0.6) is 11.5 Å². The summed E-state index contributed by atoms with van der Waals surface area (Å²) in [7, 11) is -2.44. The first kappa shape index (κ1) is 23.3. The predicted octanol–water partition coefficient (Wildman–Crippen LogP) is 4.78. The molecule has 2 N–H and O–H groups in total. The molecule has 10 heteroatoms. The number of nitrogens with zero attached hydrogens (tertiary/aromatic N) is 1. The van der Waals surface area contributed by atoms with Crippen LogP contribution in [0.4, 0.5) is 11.4 Å². The molecular formula is C24H21N3O5S2. The minimum absolute atomic E-state index is 0.00185. The number of hydrogen-bond acceptors (Lipinski definition) is 7. The van der Waals surface area contributed by atoms with Gasteiger partial charge in [-0.3, -0.25) is 9.52 Å². The zero-order valence-corrected chi connectivity index (χ0v) is 19.7. The van der Waals surface area contributed by atoms with Crippen molar-refractivity contribution >= 4 is 38.6 Å². The van der Waals surface area contributed by atoms with Crippen molar-refractivity contribution in [3.05, 3.63) is 94.9 Å². The number of carbonyl (C=O) groups excluding carboxylic acids is 1. The van der Waals surface area contributed by atoms with E-state index in [2.05, 4.69) is 15.0 Å². The Balaban J connectivity index is 1.43. The van der Waals surface area contributed by atoms with Gasteiger partial charge < -0.3 is 14.8 Å². The Morgan fingerprint density at radius 1 is 1.03 bits per heavy atom. The molecule has 0 aliphatic heterocycles. The van der Waals surface area contributed by atoms with E-state index < -0.39 is 10.0 Å². The summed E-state index contributed by atoms with van der Waals surface area (Å²) in [6.45, 7) is 0.346. The van der Waals surface area contributed by atoms with Gasteiger partial charge in [-0.1, -0.05) is 18.2 Å². The van der Waals surface area contributed by atoms with E-state index in [0.29, 0.717) is 35.0 Å². The maximum Gasteiger partial charge on any atom is 0.262 e. The van der Waals surface area contributed by atoms with E-state index in [1.165, 1.54) is 30.6 Å². The van der Waals surface area contributed by atoms with Gasteiger partial charge in [-0.2, -0.15) is 0 Å². The first-order valence-electron chi connectivity index (χ1n) is 10.1. The second kappa shape index (κ2) is 10.4. The van der Waals surface area contributed by atoms with Crippen molar-refractivity contribution in [1.82, 2.24) is 4.98 Å². The molecule has 0 unspecified atom stereocenters. The third kappa shape index (κ3) is 5.72. The summed E-state index contributed by atoms with van der Waals surface area (Å²) in [5, 5.41) is 4.63. The van der Waals surface area contributed by atoms with Crippen LogP contribution < -0.4 is 19.5 Å². The molecular weight excluding hydrogens is 474 g/mol. The highest BCUT2D eigenvalue weighted by molar-refractivity contribution is 7.92. The Morgan fingerprint density at radius 3 is 2.56 bits per heavy atom. The smallest absolute Gasteiger partial charge is 0.262 e. The highest BCUT2D eigenvalue weighted by Crippen LogP contribution is 2.27. The van der Waals surface area contributed by atoms with E-state index in [0.717, 1.165) is 5.69 Å². The average Bonchev–Trinajstić information content (AvgIpc) is 3.37. The van der Waals surface area contributed by atoms with Crippen LogP contribution in [-0.2, 0) is 16.6 Å². The van der Waals surface area contributed by atoms with Gasteiger partial charge in [-0.15, -0.1) is 11.3 Å². The van der Waals surface area contributed by atoms with Crippen LogP contribution >= 0.6 is 11.3 Å². The number of sulfonamides is 1. The van der Waals surface area contributed by atoms with Gasteiger partial charge in [0.15, 0.2) is 0 Å². The Kier molecular flexibility index (Phi) is 7.09. The molecule has 4 aromatic rings. The lowest BCUT2D eigenvalue weighted by Crippen LogP contribution is -2.15. The molecule has 0 radical (unpaired) electrons. The summed E-state index contributed by atoms with van der Waals surface area (Å²) in [4.78, 5) is 16.8. The van der Waals surface area contributed by atoms with E-state index in [1.54, 1.807) is 66.2 Å². The number of nitrogens with one attached hydrogen (secondary N) is 2. The van der Waals surface area contributed by atoms with Crippen molar-refractivity contribution in [1.29, 1.82) is 0 Å². The molecule has 0 aliphatic rings. The van der Waals surface area contributed by atoms with Gasteiger partial charge in [-0.05, 0) is 54.6 Å². The fourth-order valence-corrected chi connectivity index (χ4v) is 4.70. The summed E-state index contributed by atoms with van der Waals surface area (Å²) in [6.07, 6.45) is 0. The molecule has 0 saturated heterocycles. The summed E-state index contributed by atoms with van der Waals surface area (Å²) in [5.41, 5.74) is 3.64. The summed E-state index contributed by atoms with van der Waals surface area (Å²) < 4.78 is 39.1. The molecule has 0 spiro atoms. The first-order valence-corrected chi connectivity index (χ1v) is 12.5.